The van der Waals surface area contributed by atoms with Crippen LogP contribution in [0.15, 0.2) is 42.1 Å². The number of aliphatic hydroxyl groups is 1. The monoisotopic (exact) mass is 400 g/mol. The maximum absolute atomic E-state index is 12.5. The van der Waals surface area contributed by atoms with Gasteiger partial charge in [0.05, 0.1) is 25.3 Å². The summed E-state index contributed by atoms with van der Waals surface area (Å²) in [6.07, 6.45) is 1.50. The highest BCUT2D eigenvalue weighted by Crippen LogP contribution is 2.13. The number of rotatable bonds is 7. The molecule has 8 heteroatoms. The topological polar surface area (TPSA) is 93.2 Å². The van der Waals surface area contributed by atoms with Gasteiger partial charge in [0.15, 0.2) is 11.6 Å². The molecule has 0 saturated carbocycles. The third-order valence-electron chi connectivity index (χ3n) is 5.28. The zero-order chi connectivity index (χ0) is 20.6. The molecule has 1 aromatic rings. The molecule has 2 heterocycles. The van der Waals surface area contributed by atoms with Gasteiger partial charge in [-0.25, -0.2) is 0 Å². The van der Waals surface area contributed by atoms with Crippen molar-refractivity contribution in [1.82, 2.24) is 20.0 Å². The number of Topliss-reactive ketones (excluding diaryl/α,β-unsaturated/α-hetero) is 2. The molecule has 0 spiro atoms. The molecule has 1 amide bonds. The number of benzene rings is 1. The van der Waals surface area contributed by atoms with Gasteiger partial charge in [-0.15, -0.1) is 0 Å². The minimum Gasteiger partial charge on any atom is -0.395 e. The molecular formula is C21H28N4O4. The molecule has 2 fully saturated rings. The molecule has 156 valence electrons. The Balaban J connectivity index is 1.45. The number of likely N-dealkylation sites (tertiary alicyclic amines) is 1. The lowest BCUT2D eigenvalue weighted by molar-refractivity contribution is -0.125. The minimum absolute atomic E-state index is 0.0835. The molecule has 8 nitrogen and oxygen atoms in total. The molecule has 2 aliphatic heterocycles. The molecule has 0 radical (unpaired) electrons. The second-order valence-corrected chi connectivity index (χ2v) is 7.29. The number of carbonyl (C=O) groups excluding carboxylic acids is 3. The SMILES string of the molecule is O=C1CN(C(=O)c2ccccc2)CC(=O)C1=CNCCN1CCN(CCO)CC1. The molecule has 29 heavy (non-hydrogen) atoms. The summed E-state index contributed by atoms with van der Waals surface area (Å²) < 4.78 is 0. The van der Waals surface area contributed by atoms with E-state index in [1.807, 2.05) is 6.07 Å². The van der Waals surface area contributed by atoms with Crippen LogP contribution in [0, 0.1) is 0 Å². The van der Waals surface area contributed by atoms with Gasteiger partial charge in [0.2, 0.25) is 0 Å². The maximum Gasteiger partial charge on any atom is 0.254 e. The van der Waals surface area contributed by atoms with E-state index in [1.54, 1.807) is 24.3 Å². The van der Waals surface area contributed by atoms with E-state index in [1.165, 1.54) is 11.1 Å². The van der Waals surface area contributed by atoms with E-state index in [0.29, 0.717) is 18.7 Å². The fourth-order valence-electron chi connectivity index (χ4n) is 3.57. The highest BCUT2D eigenvalue weighted by Gasteiger charge is 2.31. The van der Waals surface area contributed by atoms with Gasteiger partial charge in [0.1, 0.15) is 0 Å². The van der Waals surface area contributed by atoms with Crippen molar-refractivity contribution < 1.29 is 19.5 Å². The van der Waals surface area contributed by atoms with Gasteiger partial charge in [-0.3, -0.25) is 24.2 Å². The molecule has 0 unspecified atom stereocenters. The van der Waals surface area contributed by atoms with Crippen molar-refractivity contribution in [3.63, 3.8) is 0 Å². The van der Waals surface area contributed by atoms with Gasteiger partial charge in [-0.05, 0) is 12.1 Å². The third-order valence-corrected chi connectivity index (χ3v) is 5.28. The molecule has 2 aliphatic rings. The standard InChI is InChI=1S/C21H28N4O4/c26-13-12-24-10-8-23(9-11-24)7-6-22-14-18-19(27)15-25(16-20(18)28)21(29)17-4-2-1-3-5-17/h1-5,14,22,26H,6-13,15-16H2. The molecule has 0 bridgehead atoms. The number of amides is 1. The lowest BCUT2D eigenvalue weighted by Crippen LogP contribution is -2.48. The zero-order valence-electron chi connectivity index (χ0n) is 16.5. The Bertz CT molecular complexity index is 737. The van der Waals surface area contributed by atoms with E-state index < -0.39 is 0 Å². The Morgan fingerprint density at radius 3 is 2.14 bits per heavy atom. The Hall–Kier alpha value is -2.55. The number of nitrogens with one attached hydrogen (secondary N) is 1. The summed E-state index contributed by atoms with van der Waals surface area (Å²) in [6, 6.07) is 8.66. The van der Waals surface area contributed by atoms with Crippen LogP contribution in [0.5, 0.6) is 0 Å². The summed E-state index contributed by atoms with van der Waals surface area (Å²) in [4.78, 5) is 43.1. The number of hydrogen-bond donors (Lipinski definition) is 2. The van der Waals surface area contributed by atoms with Crippen molar-refractivity contribution in [3.05, 3.63) is 47.7 Å². The van der Waals surface area contributed by atoms with E-state index in [4.69, 9.17) is 5.11 Å². The quantitative estimate of drug-likeness (QED) is 0.357. The van der Waals surface area contributed by atoms with Gasteiger partial charge in [0.25, 0.3) is 5.91 Å². The normalized spacial score (nSPS) is 18.8. The van der Waals surface area contributed by atoms with Crippen LogP contribution >= 0.6 is 0 Å². The van der Waals surface area contributed by atoms with Crippen molar-refractivity contribution in [3.8, 4) is 0 Å². The fraction of sp³-hybridized carbons (Fsp3) is 0.476. The summed E-state index contributed by atoms with van der Waals surface area (Å²) >= 11 is 0. The Morgan fingerprint density at radius 2 is 1.55 bits per heavy atom. The maximum atomic E-state index is 12.5. The predicted octanol–water partition coefficient (Wildman–Crippen LogP) is -0.636. The third kappa shape index (κ3) is 5.72. The predicted molar refractivity (Wildman–Crippen MR) is 108 cm³/mol. The second-order valence-electron chi connectivity index (χ2n) is 7.29. The second kappa shape index (κ2) is 10.3. The van der Waals surface area contributed by atoms with E-state index in [2.05, 4.69) is 15.1 Å². The van der Waals surface area contributed by atoms with E-state index in [-0.39, 0.29) is 42.7 Å². The molecule has 3 rings (SSSR count). The first kappa shape index (κ1) is 21.2. The highest BCUT2D eigenvalue weighted by molar-refractivity contribution is 6.24. The first-order chi connectivity index (χ1) is 14.1. The van der Waals surface area contributed by atoms with Crippen LogP contribution in [0.2, 0.25) is 0 Å². The molecule has 0 aliphatic carbocycles. The van der Waals surface area contributed by atoms with Crippen molar-refractivity contribution in [2.24, 2.45) is 0 Å². The zero-order valence-corrected chi connectivity index (χ0v) is 16.5. The van der Waals surface area contributed by atoms with Gasteiger partial charge >= 0.3 is 0 Å². The van der Waals surface area contributed by atoms with Crippen LogP contribution in [0.1, 0.15) is 10.4 Å². The molecule has 0 atom stereocenters. The number of aliphatic hydroxyl groups excluding tert-OH is 1. The van der Waals surface area contributed by atoms with Crippen LogP contribution in [-0.2, 0) is 9.59 Å². The summed E-state index contributed by atoms with van der Waals surface area (Å²) in [6.45, 7) is 5.93. The number of ketones is 2. The van der Waals surface area contributed by atoms with E-state index >= 15 is 0 Å². The van der Waals surface area contributed by atoms with Crippen molar-refractivity contribution in [1.29, 1.82) is 0 Å². The van der Waals surface area contributed by atoms with Crippen LogP contribution in [-0.4, -0.2) is 103 Å². The Kier molecular flexibility index (Phi) is 7.51. The van der Waals surface area contributed by atoms with Gasteiger partial charge in [-0.1, -0.05) is 18.2 Å². The number of piperidine rings is 1. The first-order valence-corrected chi connectivity index (χ1v) is 9.98. The van der Waals surface area contributed by atoms with Crippen molar-refractivity contribution >= 4 is 17.5 Å². The first-order valence-electron chi connectivity index (χ1n) is 9.98. The fourth-order valence-corrected chi connectivity index (χ4v) is 3.57. The molecule has 2 saturated heterocycles. The van der Waals surface area contributed by atoms with Crippen LogP contribution in [0.3, 0.4) is 0 Å². The number of β-amino-alcohol motifs (C(OH)–C–C–N with tert-alkyl or cyclic N) is 1. The van der Waals surface area contributed by atoms with Crippen molar-refractivity contribution in [2.45, 2.75) is 0 Å². The molecule has 0 aromatic heterocycles. The molecule has 2 N–H and O–H groups in total. The lowest BCUT2D eigenvalue weighted by atomic mass is 10.0. The average Bonchev–Trinajstić information content (AvgIpc) is 2.74. The molecular weight excluding hydrogens is 372 g/mol. The van der Waals surface area contributed by atoms with E-state index in [9.17, 15) is 14.4 Å². The van der Waals surface area contributed by atoms with Gasteiger partial charge < -0.3 is 15.3 Å². The van der Waals surface area contributed by atoms with E-state index in [0.717, 1.165) is 32.7 Å². The lowest BCUT2D eigenvalue weighted by Gasteiger charge is -2.34. The number of hydrogen-bond acceptors (Lipinski definition) is 7. The van der Waals surface area contributed by atoms with Crippen LogP contribution in [0.4, 0.5) is 0 Å². The summed E-state index contributed by atoms with van der Waals surface area (Å²) in [5, 5.41) is 12.1. The van der Waals surface area contributed by atoms with Gasteiger partial charge in [-0.2, -0.15) is 0 Å². The summed E-state index contributed by atoms with van der Waals surface area (Å²) in [7, 11) is 0. The highest BCUT2D eigenvalue weighted by atomic mass is 16.3. The van der Waals surface area contributed by atoms with Crippen LogP contribution < -0.4 is 5.32 Å². The summed E-state index contributed by atoms with van der Waals surface area (Å²) in [5.74, 6) is -0.981. The largest absolute Gasteiger partial charge is 0.395 e. The number of nitrogens with zero attached hydrogens (tertiary/aromatic N) is 3. The molecule has 1 aromatic carbocycles. The Morgan fingerprint density at radius 1 is 0.966 bits per heavy atom. The number of carbonyl (C=O) groups is 3. The summed E-state index contributed by atoms with van der Waals surface area (Å²) in [5.41, 5.74) is 0.604. The minimum atomic E-state index is -0.337. The van der Waals surface area contributed by atoms with Crippen LogP contribution in [0.25, 0.3) is 0 Å². The van der Waals surface area contributed by atoms with Gasteiger partial charge in [0, 0.05) is 57.6 Å². The smallest absolute Gasteiger partial charge is 0.254 e. The van der Waals surface area contributed by atoms with Crippen molar-refractivity contribution in [2.75, 3.05) is 65.5 Å². The number of piperazine rings is 1. The Labute approximate surface area is 170 Å². The average molecular weight is 400 g/mol.